The van der Waals surface area contributed by atoms with E-state index < -0.39 is 0 Å². The van der Waals surface area contributed by atoms with E-state index in [0.29, 0.717) is 0 Å². The largest absolute Gasteiger partial charge is 0.376 e. The second-order valence-corrected chi connectivity index (χ2v) is 2.68. The third kappa shape index (κ3) is 1.65. The highest BCUT2D eigenvalue weighted by atomic mass is 15.1. The average molecular weight is 147 g/mol. The number of allylic oxidation sites excluding steroid dienone is 3. The van der Waals surface area contributed by atoms with Crippen molar-refractivity contribution in [3.05, 3.63) is 23.9 Å². The summed E-state index contributed by atoms with van der Waals surface area (Å²) in [5.41, 5.74) is 2.29. The Morgan fingerprint density at radius 1 is 1.64 bits per heavy atom. The van der Waals surface area contributed by atoms with Gasteiger partial charge >= 0.3 is 0 Å². The molecule has 0 spiro atoms. The molecule has 0 aromatic rings. The maximum Gasteiger partial charge on any atom is 0.0427 e. The zero-order valence-electron chi connectivity index (χ0n) is 7.15. The average Bonchev–Trinajstić information content (AvgIpc) is 2.16. The zero-order chi connectivity index (χ0) is 8.27. The van der Waals surface area contributed by atoms with Crippen molar-refractivity contribution in [2.75, 3.05) is 13.6 Å². The van der Waals surface area contributed by atoms with Gasteiger partial charge in [-0.1, -0.05) is 24.5 Å². The molecule has 0 unspecified atom stereocenters. The van der Waals surface area contributed by atoms with Crippen molar-refractivity contribution in [2.45, 2.75) is 13.3 Å². The minimum atomic E-state index is 0.950. The molecule has 1 aliphatic heterocycles. The van der Waals surface area contributed by atoms with Gasteiger partial charge in [0.2, 0.25) is 0 Å². The monoisotopic (exact) mass is 147 g/mol. The fourth-order valence-electron chi connectivity index (χ4n) is 1.04. The van der Waals surface area contributed by atoms with Crippen molar-refractivity contribution >= 4 is 0 Å². The lowest BCUT2D eigenvalue weighted by molar-refractivity contribution is 0.429. The Labute approximate surface area is 68.4 Å². The van der Waals surface area contributed by atoms with E-state index in [1.807, 2.05) is 6.08 Å². The molecule has 1 aliphatic rings. The van der Waals surface area contributed by atoms with Crippen LogP contribution in [-0.4, -0.2) is 18.5 Å². The Bertz CT molecular complexity index is 250. The molecule has 11 heavy (non-hydrogen) atoms. The molecule has 1 heterocycles. The van der Waals surface area contributed by atoms with Crippen molar-refractivity contribution in [1.82, 2.24) is 4.90 Å². The van der Waals surface area contributed by atoms with Gasteiger partial charge in [-0.15, -0.1) is 0 Å². The highest BCUT2D eigenvalue weighted by molar-refractivity contribution is 5.41. The van der Waals surface area contributed by atoms with Crippen molar-refractivity contribution in [3.8, 4) is 11.8 Å². The summed E-state index contributed by atoms with van der Waals surface area (Å²) in [6, 6.07) is 0. The Kier molecular flexibility index (Phi) is 2.38. The zero-order valence-corrected chi connectivity index (χ0v) is 7.15. The summed E-state index contributed by atoms with van der Waals surface area (Å²) in [5, 5.41) is 0. The summed E-state index contributed by atoms with van der Waals surface area (Å²) in [7, 11) is 2.08. The van der Waals surface area contributed by atoms with Gasteiger partial charge in [-0.3, -0.25) is 0 Å². The molecule has 0 aliphatic carbocycles. The van der Waals surface area contributed by atoms with Gasteiger partial charge in [0.25, 0.3) is 0 Å². The molecular formula is C10H13N. The fourth-order valence-corrected chi connectivity index (χ4v) is 1.04. The molecule has 58 valence electrons. The van der Waals surface area contributed by atoms with Crippen LogP contribution in [0.3, 0.4) is 0 Å². The van der Waals surface area contributed by atoms with Crippen LogP contribution in [0.1, 0.15) is 13.3 Å². The van der Waals surface area contributed by atoms with Gasteiger partial charge < -0.3 is 4.90 Å². The SMILES string of the molecule is C=CC1=C(C)N(C)CCC#C1. The molecule has 0 fully saturated rings. The van der Waals surface area contributed by atoms with Crippen molar-refractivity contribution in [2.24, 2.45) is 0 Å². The number of nitrogens with zero attached hydrogens (tertiary/aromatic N) is 1. The summed E-state index contributed by atoms with van der Waals surface area (Å²) >= 11 is 0. The van der Waals surface area contributed by atoms with E-state index in [0.717, 1.165) is 18.5 Å². The molecule has 0 aromatic carbocycles. The van der Waals surface area contributed by atoms with Crippen LogP contribution in [0.15, 0.2) is 23.9 Å². The summed E-state index contributed by atoms with van der Waals surface area (Å²) in [6.07, 6.45) is 2.77. The molecule has 0 saturated heterocycles. The number of hydrogen-bond acceptors (Lipinski definition) is 1. The molecule has 0 aromatic heterocycles. The first-order chi connectivity index (χ1) is 5.25. The second kappa shape index (κ2) is 3.30. The Morgan fingerprint density at radius 3 is 3.00 bits per heavy atom. The smallest absolute Gasteiger partial charge is 0.0427 e. The van der Waals surface area contributed by atoms with E-state index in [1.54, 1.807) is 0 Å². The van der Waals surface area contributed by atoms with Gasteiger partial charge in [0, 0.05) is 31.3 Å². The van der Waals surface area contributed by atoms with Gasteiger partial charge in [-0.25, -0.2) is 0 Å². The minimum Gasteiger partial charge on any atom is -0.376 e. The first kappa shape index (κ1) is 7.94. The van der Waals surface area contributed by atoms with Crippen molar-refractivity contribution in [3.63, 3.8) is 0 Å². The number of hydrogen-bond donors (Lipinski definition) is 0. The quantitative estimate of drug-likeness (QED) is 0.511. The predicted octanol–water partition coefficient (Wildman–Crippen LogP) is 1.79. The van der Waals surface area contributed by atoms with Gasteiger partial charge in [-0.05, 0) is 6.92 Å². The topological polar surface area (TPSA) is 3.24 Å². The van der Waals surface area contributed by atoms with Crippen LogP contribution in [0.2, 0.25) is 0 Å². The molecule has 1 nitrogen and oxygen atoms in total. The van der Waals surface area contributed by atoms with E-state index in [9.17, 15) is 0 Å². The summed E-state index contributed by atoms with van der Waals surface area (Å²) < 4.78 is 0. The van der Waals surface area contributed by atoms with Crippen LogP contribution in [0.25, 0.3) is 0 Å². The first-order valence-electron chi connectivity index (χ1n) is 3.79. The normalized spacial score (nSPS) is 17.1. The molecule has 0 N–H and O–H groups in total. The van der Waals surface area contributed by atoms with E-state index in [2.05, 4.69) is 37.3 Å². The molecule has 0 saturated carbocycles. The van der Waals surface area contributed by atoms with E-state index in [4.69, 9.17) is 0 Å². The molecule has 1 heteroatoms. The molecule has 0 radical (unpaired) electrons. The first-order valence-corrected chi connectivity index (χ1v) is 3.79. The van der Waals surface area contributed by atoms with Crippen molar-refractivity contribution in [1.29, 1.82) is 0 Å². The van der Waals surface area contributed by atoms with Gasteiger partial charge in [0.05, 0.1) is 0 Å². The lowest BCUT2D eigenvalue weighted by Crippen LogP contribution is -2.16. The van der Waals surface area contributed by atoms with Gasteiger partial charge in [0.1, 0.15) is 0 Å². The Hall–Kier alpha value is -1.16. The maximum absolute atomic E-state index is 3.72. The van der Waals surface area contributed by atoms with Gasteiger partial charge in [-0.2, -0.15) is 0 Å². The molecule has 1 rings (SSSR count). The molecule has 0 atom stereocenters. The Balaban J connectivity index is 2.99. The maximum atomic E-state index is 3.72. The van der Waals surface area contributed by atoms with Gasteiger partial charge in [0.15, 0.2) is 0 Å². The van der Waals surface area contributed by atoms with Crippen LogP contribution in [0, 0.1) is 11.8 Å². The molecular weight excluding hydrogens is 134 g/mol. The third-order valence-corrected chi connectivity index (χ3v) is 1.96. The lowest BCUT2D eigenvalue weighted by atomic mass is 10.2. The summed E-state index contributed by atoms with van der Waals surface area (Å²) in [5.74, 6) is 6.17. The third-order valence-electron chi connectivity index (χ3n) is 1.96. The highest BCUT2D eigenvalue weighted by Gasteiger charge is 2.03. The fraction of sp³-hybridized carbons (Fsp3) is 0.400. The van der Waals surface area contributed by atoms with Crippen LogP contribution >= 0.6 is 0 Å². The van der Waals surface area contributed by atoms with E-state index >= 15 is 0 Å². The lowest BCUT2D eigenvalue weighted by Gasteiger charge is -2.17. The predicted molar refractivity (Wildman–Crippen MR) is 47.9 cm³/mol. The summed E-state index contributed by atoms with van der Waals surface area (Å²) in [4.78, 5) is 2.20. The van der Waals surface area contributed by atoms with E-state index in [-0.39, 0.29) is 0 Å². The molecule has 0 amide bonds. The van der Waals surface area contributed by atoms with Crippen LogP contribution in [0.4, 0.5) is 0 Å². The standard InChI is InChI=1S/C10H13N/c1-4-10-7-5-6-8-11(3)9(10)2/h4H,1,6,8H2,2-3H3. The van der Waals surface area contributed by atoms with Crippen LogP contribution in [0.5, 0.6) is 0 Å². The summed E-state index contributed by atoms with van der Waals surface area (Å²) in [6.45, 7) is 6.83. The van der Waals surface area contributed by atoms with Crippen molar-refractivity contribution < 1.29 is 0 Å². The van der Waals surface area contributed by atoms with E-state index in [1.165, 1.54) is 5.70 Å². The Morgan fingerprint density at radius 2 is 2.36 bits per heavy atom. The van der Waals surface area contributed by atoms with Crippen LogP contribution in [-0.2, 0) is 0 Å². The highest BCUT2D eigenvalue weighted by Crippen LogP contribution is 2.10. The minimum absolute atomic E-state index is 0.950. The van der Waals surface area contributed by atoms with Crippen LogP contribution < -0.4 is 0 Å². The second-order valence-electron chi connectivity index (χ2n) is 2.68. The molecule has 0 bridgehead atoms. The number of rotatable bonds is 1.